The Balaban J connectivity index is 1.92. The van der Waals surface area contributed by atoms with Crippen molar-refractivity contribution in [1.82, 2.24) is 0 Å². The summed E-state index contributed by atoms with van der Waals surface area (Å²) in [5.41, 5.74) is 1.04. The van der Waals surface area contributed by atoms with Crippen LogP contribution in [0.25, 0.3) is 0 Å². The van der Waals surface area contributed by atoms with Crippen molar-refractivity contribution in [1.29, 1.82) is 0 Å². The lowest BCUT2D eigenvalue weighted by Gasteiger charge is -2.25. The van der Waals surface area contributed by atoms with Gasteiger partial charge in [0.25, 0.3) is 10.1 Å². The predicted molar refractivity (Wildman–Crippen MR) is 75.4 cm³/mol. The molecule has 1 fully saturated rings. The Bertz CT molecular complexity index is 497. The molecule has 106 valence electrons. The van der Waals surface area contributed by atoms with E-state index in [2.05, 4.69) is 6.92 Å². The molecule has 1 aliphatic carbocycles. The highest BCUT2D eigenvalue weighted by Gasteiger charge is 2.22. The van der Waals surface area contributed by atoms with Gasteiger partial charge in [-0.2, -0.15) is 8.42 Å². The molecule has 19 heavy (non-hydrogen) atoms. The van der Waals surface area contributed by atoms with Crippen LogP contribution in [0.3, 0.4) is 0 Å². The molecule has 0 bridgehead atoms. The third kappa shape index (κ3) is 4.05. The van der Waals surface area contributed by atoms with E-state index >= 15 is 0 Å². The molecule has 0 saturated heterocycles. The summed E-state index contributed by atoms with van der Waals surface area (Å²) in [5, 5.41) is 0. The number of aryl methyl sites for hydroxylation is 1. The number of hydrogen-bond donors (Lipinski definition) is 0. The molecule has 0 amide bonds. The molecule has 2 rings (SSSR count). The standard InChI is InChI=1S/C15H22O3S/c1-12-3-7-14(8-4-12)11-18-19(16,17)15-9-5-13(2)6-10-15/h5-6,9-10,12,14H,3-4,7-8,11H2,1-2H3. The summed E-state index contributed by atoms with van der Waals surface area (Å²) in [5.74, 6) is 1.15. The van der Waals surface area contributed by atoms with Crippen molar-refractivity contribution in [2.45, 2.75) is 44.4 Å². The van der Waals surface area contributed by atoms with Gasteiger partial charge in [-0.25, -0.2) is 0 Å². The monoisotopic (exact) mass is 282 g/mol. The summed E-state index contributed by atoms with van der Waals surface area (Å²) in [4.78, 5) is 0.252. The molecular formula is C15H22O3S. The van der Waals surface area contributed by atoms with Crippen LogP contribution in [0.5, 0.6) is 0 Å². The van der Waals surface area contributed by atoms with E-state index in [4.69, 9.17) is 4.18 Å². The Hall–Kier alpha value is -0.870. The first kappa shape index (κ1) is 14.5. The fraction of sp³-hybridized carbons (Fsp3) is 0.600. The normalized spacial score (nSPS) is 24.3. The maximum atomic E-state index is 12.0. The third-order valence-corrected chi connectivity index (χ3v) is 5.20. The molecule has 3 nitrogen and oxygen atoms in total. The van der Waals surface area contributed by atoms with E-state index < -0.39 is 10.1 Å². The molecule has 4 heteroatoms. The van der Waals surface area contributed by atoms with Crippen molar-refractivity contribution in [3.63, 3.8) is 0 Å². The summed E-state index contributed by atoms with van der Waals surface area (Å²) < 4.78 is 29.3. The second kappa shape index (κ2) is 6.06. The summed E-state index contributed by atoms with van der Waals surface area (Å²) in [7, 11) is -3.59. The van der Waals surface area contributed by atoms with Gasteiger partial charge in [-0.05, 0) is 43.7 Å². The zero-order valence-electron chi connectivity index (χ0n) is 11.6. The van der Waals surface area contributed by atoms with E-state index in [1.54, 1.807) is 24.3 Å². The number of benzene rings is 1. The fourth-order valence-corrected chi connectivity index (χ4v) is 3.43. The minimum Gasteiger partial charge on any atom is -0.266 e. The van der Waals surface area contributed by atoms with Crippen LogP contribution in [0.2, 0.25) is 0 Å². The first-order valence-corrected chi connectivity index (χ1v) is 8.34. The summed E-state index contributed by atoms with van der Waals surface area (Å²) in [6.07, 6.45) is 4.51. The summed E-state index contributed by atoms with van der Waals surface area (Å²) >= 11 is 0. The van der Waals surface area contributed by atoms with Crippen LogP contribution in [-0.4, -0.2) is 15.0 Å². The van der Waals surface area contributed by atoms with Gasteiger partial charge in [-0.1, -0.05) is 37.5 Å². The Labute approximate surface area is 116 Å². The Morgan fingerprint density at radius 2 is 1.68 bits per heavy atom. The highest BCUT2D eigenvalue weighted by atomic mass is 32.2. The molecule has 0 spiro atoms. The molecular weight excluding hydrogens is 260 g/mol. The van der Waals surface area contributed by atoms with Crippen LogP contribution < -0.4 is 0 Å². The quantitative estimate of drug-likeness (QED) is 0.793. The van der Waals surface area contributed by atoms with E-state index in [0.29, 0.717) is 12.5 Å². The molecule has 0 aliphatic heterocycles. The SMILES string of the molecule is Cc1ccc(S(=O)(=O)OCC2CCC(C)CC2)cc1. The van der Waals surface area contributed by atoms with Gasteiger partial charge < -0.3 is 0 Å². The van der Waals surface area contributed by atoms with E-state index in [9.17, 15) is 8.42 Å². The smallest absolute Gasteiger partial charge is 0.266 e. The highest BCUT2D eigenvalue weighted by molar-refractivity contribution is 7.86. The Morgan fingerprint density at radius 3 is 2.26 bits per heavy atom. The van der Waals surface area contributed by atoms with Gasteiger partial charge in [-0.3, -0.25) is 4.18 Å². The second-order valence-corrected chi connectivity index (χ2v) is 7.29. The molecule has 0 atom stereocenters. The lowest BCUT2D eigenvalue weighted by atomic mass is 9.83. The minimum atomic E-state index is -3.59. The minimum absolute atomic E-state index is 0.252. The van der Waals surface area contributed by atoms with Crippen LogP contribution in [0.4, 0.5) is 0 Å². The lowest BCUT2D eigenvalue weighted by molar-refractivity contribution is 0.192. The van der Waals surface area contributed by atoms with Gasteiger partial charge in [-0.15, -0.1) is 0 Å². The van der Waals surface area contributed by atoms with Crippen LogP contribution in [0.1, 0.15) is 38.2 Å². The zero-order valence-corrected chi connectivity index (χ0v) is 12.4. The zero-order chi connectivity index (χ0) is 13.9. The molecule has 1 aliphatic rings. The highest BCUT2D eigenvalue weighted by Crippen LogP contribution is 2.29. The largest absolute Gasteiger partial charge is 0.296 e. The van der Waals surface area contributed by atoms with E-state index in [1.165, 1.54) is 12.8 Å². The molecule has 1 saturated carbocycles. The third-order valence-electron chi connectivity index (χ3n) is 3.90. The molecule has 1 aromatic rings. The van der Waals surface area contributed by atoms with Crippen molar-refractivity contribution in [2.75, 3.05) is 6.61 Å². The van der Waals surface area contributed by atoms with Gasteiger partial charge in [0.15, 0.2) is 0 Å². The van der Waals surface area contributed by atoms with Crippen LogP contribution in [0, 0.1) is 18.8 Å². The summed E-state index contributed by atoms with van der Waals surface area (Å²) in [6.45, 7) is 4.50. The molecule has 1 aromatic carbocycles. The van der Waals surface area contributed by atoms with E-state index in [0.717, 1.165) is 24.3 Å². The first-order valence-electron chi connectivity index (χ1n) is 6.93. The number of rotatable bonds is 4. The van der Waals surface area contributed by atoms with Crippen LogP contribution in [0.15, 0.2) is 29.2 Å². The second-order valence-electron chi connectivity index (χ2n) is 5.68. The van der Waals surface area contributed by atoms with Crippen molar-refractivity contribution < 1.29 is 12.6 Å². The maximum Gasteiger partial charge on any atom is 0.296 e. The Kier molecular flexibility index (Phi) is 4.63. The van der Waals surface area contributed by atoms with Crippen molar-refractivity contribution >= 4 is 10.1 Å². The van der Waals surface area contributed by atoms with Gasteiger partial charge in [0.2, 0.25) is 0 Å². The van der Waals surface area contributed by atoms with Gasteiger partial charge in [0.05, 0.1) is 11.5 Å². The van der Waals surface area contributed by atoms with Gasteiger partial charge in [0.1, 0.15) is 0 Å². The van der Waals surface area contributed by atoms with Crippen molar-refractivity contribution in [3.8, 4) is 0 Å². The maximum absolute atomic E-state index is 12.0. The van der Waals surface area contributed by atoms with E-state index in [1.807, 2.05) is 6.92 Å². The van der Waals surface area contributed by atoms with Gasteiger partial charge >= 0.3 is 0 Å². The lowest BCUT2D eigenvalue weighted by Crippen LogP contribution is -2.19. The molecule has 0 radical (unpaired) electrons. The Morgan fingerprint density at radius 1 is 1.11 bits per heavy atom. The first-order chi connectivity index (χ1) is 8.97. The van der Waals surface area contributed by atoms with Crippen molar-refractivity contribution in [3.05, 3.63) is 29.8 Å². The van der Waals surface area contributed by atoms with Crippen LogP contribution >= 0.6 is 0 Å². The van der Waals surface area contributed by atoms with E-state index in [-0.39, 0.29) is 4.90 Å². The molecule has 0 heterocycles. The topological polar surface area (TPSA) is 43.4 Å². The van der Waals surface area contributed by atoms with Crippen molar-refractivity contribution in [2.24, 2.45) is 11.8 Å². The average Bonchev–Trinajstić information content (AvgIpc) is 2.39. The summed E-state index contributed by atoms with van der Waals surface area (Å²) in [6, 6.07) is 6.79. The van der Waals surface area contributed by atoms with Gasteiger partial charge in [0, 0.05) is 0 Å². The average molecular weight is 282 g/mol. The van der Waals surface area contributed by atoms with Crippen LogP contribution in [-0.2, 0) is 14.3 Å². The predicted octanol–water partition coefficient (Wildman–Crippen LogP) is 3.53. The molecule has 0 N–H and O–H groups in total. The molecule has 0 aromatic heterocycles. The molecule has 0 unspecified atom stereocenters. The number of hydrogen-bond acceptors (Lipinski definition) is 3. The fourth-order valence-electron chi connectivity index (χ4n) is 2.45.